The number of hydrogen-bond donors (Lipinski definition) is 1. The molecule has 0 unspecified atom stereocenters. The van der Waals surface area contributed by atoms with Gasteiger partial charge in [0.1, 0.15) is 18.3 Å². The molecule has 1 aromatic heterocycles. The minimum absolute atomic E-state index is 0.105. The molecular weight excluding hydrogens is 513 g/mol. The smallest absolute Gasteiger partial charge is 0.231 e. The zero-order valence-electron chi connectivity index (χ0n) is 20.1. The lowest BCUT2D eigenvalue weighted by Gasteiger charge is -2.38. The third-order valence-corrected chi connectivity index (χ3v) is 8.07. The number of halogens is 2. The van der Waals surface area contributed by atoms with Gasteiger partial charge in [0.25, 0.3) is 0 Å². The number of nitrogens with zero attached hydrogens (tertiary/aromatic N) is 4. The number of anilines is 1. The molecule has 0 spiro atoms. The highest BCUT2D eigenvalue weighted by Crippen LogP contribution is 2.44. The van der Waals surface area contributed by atoms with Gasteiger partial charge in [-0.05, 0) is 42.9 Å². The maximum atomic E-state index is 14.4. The Morgan fingerprint density at radius 2 is 1.89 bits per heavy atom. The van der Waals surface area contributed by atoms with Crippen LogP contribution in [-0.4, -0.2) is 72.8 Å². The summed E-state index contributed by atoms with van der Waals surface area (Å²) in [4.78, 5) is 26.6. The van der Waals surface area contributed by atoms with Crippen LogP contribution < -0.4 is 10.2 Å². The van der Waals surface area contributed by atoms with Crippen LogP contribution in [0.5, 0.6) is 0 Å². The number of alkyl halides is 1. The van der Waals surface area contributed by atoms with Gasteiger partial charge in [0.05, 0.1) is 11.6 Å². The first-order valence-corrected chi connectivity index (χ1v) is 13.4. The van der Waals surface area contributed by atoms with Crippen molar-refractivity contribution >= 4 is 27.7 Å². The van der Waals surface area contributed by atoms with Gasteiger partial charge in [0.2, 0.25) is 5.91 Å². The molecule has 7 nitrogen and oxygen atoms in total. The summed E-state index contributed by atoms with van der Waals surface area (Å²) < 4.78 is 20.9. The van der Waals surface area contributed by atoms with Gasteiger partial charge < -0.3 is 19.9 Å². The standard InChI is InChI=1S/C26H33BrFN5O2/c1-17-14-22(28)24-23(17)25(31-16-30-24)32-8-10-33(11-9-32)26(34)21(18-2-4-19(27)5-3-18)15-29-20-6-12-35-13-7-20/h2-5,16-17,20-22,29H,6-15H2,1H3/t17-,21-,22+/m1/s1. The van der Waals surface area contributed by atoms with Crippen LogP contribution in [0.4, 0.5) is 10.2 Å². The van der Waals surface area contributed by atoms with E-state index in [9.17, 15) is 9.18 Å². The monoisotopic (exact) mass is 545 g/mol. The molecule has 0 radical (unpaired) electrons. The maximum Gasteiger partial charge on any atom is 0.231 e. The molecule has 1 amide bonds. The molecule has 1 aromatic carbocycles. The Morgan fingerprint density at radius 1 is 1.17 bits per heavy atom. The summed E-state index contributed by atoms with van der Waals surface area (Å²) >= 11 is 3.50. The fraction of sp³-hybridized carbons (Fsp3) is 0.577. The van der Waals surface area contributed by atoms with Gasteiger partial charge in [-0.25, -0.2) is 14.4 Å². The Balaban J connectivity index is 1.27. The number of carbonyl (C=O) groups is 1. The third-order valence-electron chi connectivity index (χ3n) is 7.54. The van der Waals surface area contributed by atoms with Crippen LogP contribution in [0.1, 0.15) is 61.0 Å². The van der Waals surface area contributed by atoms with Crippen molar-refractivity contribution in [3.05, 3.63) is 51.9 Å². The Labute approximate surface area is 214 Å². The van der Waals surface area contributed by atoms with Crippen molar-refractivity contribution in [2.24, 2.45) is 0 Å². The van der Waals surface area contributed by atoms with E-state index in [0.717, 1.165) is 47.5 Å². The highest BCUT2D eigenvalue weighted by molar-refractivity contribution is 9.10. The van der Waals surface area contributed by atoms with E-state index in [1.54, 1.807) is 0 Å². The number of hydrogen-bond acceptors (Lipinski definition) is 6. The topological polar surface area (TPSA) is 70.6 Å². The van der Waals surface area contributed by atoms with Crippen molar-refractivity contribution in [1.82, 2.24) is 20.2 Å². The fourth-order valence-electron chi connectivity index (χ4n) is 5.50. The van der Waals surface area contributed by atoms with Gasteiger partial charge in [0.15, 0.2) is 0 Å². The maximum absolute atomic E-state index is 14.4. The average Bonchev–Trinajstić information content (AvgIpc) is 3.19. The van der Waals surface area contributed by atoms with Gasteiger partial charge in [-0.15, -0.1) is 0 Å². The van der Waals surface area contributed by atoms with E-state index in [1.807, 2.05) is 36.1 Å². The largest absolute Gasteiger partial charge is 0.381 e. The molecule has 9 heteroatoms. The summed E-state index contributed by atoms with van der Waals surface area (Å²) in [6.07, 6.45) is 2.87. The second kappa shape index (κ2) is 10.9. The van der Waals surface area contributed by atoms with Crippen LogP contribution >= 0.6 is 15.9 Å². The molecule has 2 saturated heterocycles. The average molecular weight is 546 g/mol. The van der Waals surface area contributed by atoms with E-state index in [-0.39, 0.29) is 17.7 Å². The Morgan fingerprint density at radius 3 is 2.60 bits per heavy atom. The van der Waals surface area contributed by atoms with Crippen LogP contribution in [0.25, 0.3) is 0 Å². The highest BCUT2D eigenvalue weighted by atomic mass is 79.9. The first-order valence-electron chi connectivity index (χ1n) is 12.6. The quantitative estimate of drug-likeness (QED) is 0.592. The first-order chi connectivity index (χ1) is 17.0. The number of amides is 1. The zero-order chi connectivity index (χ0) is 24.4. The highest BCUT2D eigenvalue weighted by Gasteiger charge is 2.36. The van der Waals surface area contributed by atoms with E-state index in [1.165, 1.54) is 6.33 Å². The van der Waals surface area contributed by atoms with Crippen molar-refractivity contribution in [2.75, 3.05) is 50.8 Å². The predicted octanol–water partition coefficient (Wildman–Crippen LogP) is 3.96. The number of carbonyl (C=O) groups excluding carboxylic acids is 1. The molecule has 1 N–H and O–H groups in total. The molecule has 5 rings (SSSR count). The summed E-state index contributed by atoms with van der Waals surface area (Å²) in [5.74, 6) is 0.846. The number of rotatable bonds is 6. The second-order valence-corrected chi connectivity index (χ2v) is 10.7. The third kappa shape index (κ3) is 5.37. The lowest BCUT2D eigenvalue weighted by Crippen LogP contribution is -2.51. The Hall–Kier alpha value is -2.10. The lowest BCUT2D eigenvalue weighted by atomic mass is 9.96. The Kier molecular flexibility index (Phi) is 7.65. The van der Waals surface area contributed by atoms with Gasteiger partial charge in [-0.2, -0.15) is 0 Å². The number of benzene rings is 1. The SMILES string of the molecule is C[C@@H]1C[C@H](F)c2ncnc(N3CCN(C(=O)[C@H](CNC4CCOCC4)c4ccc(Br)cc4)CC3)c21. The van der Waals surface area contributed by atoms with Crippen LogP contribution in [-0.2, 0) is 9.53 Å². The van der Waals surface area contributed by atoms with E-state index in [4.69, 9.17) is 4.74 Å². The van der Waals surface area contributed by atoms with Gasteiger partial charge in [-0.3, -0.25) is 4.79 Å². The van der Waals surface area contributed by atoms with E-state index in [2.05, 4.69) is 36.1 Å². The first kappa shape index (κ1) is 24.6. The molecule has 0 bridgehead atoms. The van der Waals surface area contributed by atoms with Crippen molar-refractivity contribution in [1.29, 1.82) is 0 Å². The molecule has 188 valence electrons. The van der Waals surface area contributed by atoms with E-state index < -0.39 is 6.17 Å². The normalized spacial score (nSPS) is 23.9. The number of aromatic nitrogens is 2. The van der Waals surface area contributed by atoms with Gasteiger partial charge in [0, 0.05) is 62.0 Å². The summed E-state index contributed by atoms with van der Waals surface area (Å²) in [5, 5.41) is 3.62. The number of fused-ring (bicyclic) bond motifs is 1. The molecule has 2 aliphatic heterocycles. The molecule has 3 heterocycles. The number of ether oxygens (including phenoxy) is 1. The van der Waals surface area contributed by atoms with Crippen LogP contribution in [0.3, 0.4) is 0 Å². The van der Waals surface area contributed by atoms with Crippen molar-refractivity contribution in [3.8, 4) is 0 Å². The summed E-state index contributed by atoms with van der Waals surface area (Å²) in [6.45, 7) is 6.79. The summed E-state index contributed by atoms with van der Waals surface area (Å²) in [7, 11) is 0. The number of nitrogens with one attached hydrogen (secondary N) is 1. The summed E-state index contributed by atoms with van der Waals surface area (Å²) in [6, 6.07) is 8.45. The van der Waals surface area contributed by atoms with E-state index in [0.29, 0.717) is 50.9 Å². The molecule has 2 aromatic rings. The molecular formula is C26H33BrFN5O2. The second-order valence-electron chi connectivity index (χ2n) is 9.81. The van der Waals surface area contributed by atoms with Crippen LogP contribution in [0, 0.1) is 0 Å². The molecule has 3 aliphatic rings. The van der Waals surface area contributed by atoms with Crippen molar-refractivity contribution < 1.29 is 13.9 Å². The van der Waals surface area contributed by atoms with Crippen LogP contribution in [0.2, 0.25) is 0 Å². The van der Waals surface area contributed by atoms with Gasteiger partial charge in [-0.1, -0.05) is 35.0 Å². The van der Waals surface area contributed by atoms with Crippen molar-refractivity contribution in [2.45, 2.75) is 50.2 Å². The zero-order valence-corrected chi connectivity index (χ0v) is 21.7. The minimum Gasteiger partial charge on any atom is -0.381 e. The molecule has 35 heavy (non-hydrogen) atoms. The predicted molar refractivity (Wildman–Crippen MR) is 136 cm³/mol. The molecule has 3 atom stereocenters. The Bertz CT molecular complexity index is 1020. The van der Waals surface area contributed by atoms with Gasteiger partial charge >= 0.3 is 0 Å². The molecule has 2 fully saturated rings. The van der Waals surface area contributed by atoms with Crippen LogP contribution in [0.15, 0.2) is 35.1 Å². The minimum atomic E-state index is -1.01. The molecule has 0 saturated carbocycles. The number of piperazine rings is 1. The lowest BCUT2D eigenvalue weighted by molar-refractivity contribution is -0.133. The fourth-order valence-corrected chi connectivity index (χ4v) is 5.77. The summed E-state index contributed by atoms with van der Waals surface area (Å²) in [5.41, 5.74) is 2.50. The molecule has 1 aliphatic carbocycles. The van der Waals surface area contributed by atoms with Crippen molar-refractivity contribution in [3.63, 3.8) is 0 Å². The van der Waals surface area contributed by atoms with E-state index >= 15 is 0 Å².